The van der Waals surface area contributed by atoms with Crippen LogP contribution in [0.3, 0.4) is 0 Å². The van der Waals surface area contributed by atoms with E-state index in [1.54, 1.807) is 6.07 Å². The van der Waals surface area contributed by atoms with E-state index in [4.69, 9.17) is 5.26 Å². The van der Waals surface area contributed by atoms with Crippen molar-refractivity contribution < 1.29 is 13.2 Å². The highest BCUT2D eigenvalue weighted by molar-refractivity contribution is 5.55. The molecule has 0 spiro atoms. The molecule has 0 aliphatic rings. The van der Waals surface area contributed by atoms with E-state index in [1.807, 2.05) is 6.07 Å². The van der Waals surface area contributed by atoms with E-state index in [2.05, 4.69) is 10.3 Å². The Bertz CT molecular complexity index is 396. The number of nitriles is 1. The van der Waals surface area contributed by atoms with Crippen LogP contribution in [0.4, 0.5) is 18.9 Å². The fourth-order valence-corrected chi connectivity index (χ4v) is 1.31. The van der Waals surface area contributed by atoms with Gasteiger partial charge in [-0.15, -0.1) is 0 Å². The molecule has 1 heterocycles. The van der Waals surface area contributed by atoms with Crippen molar-refractivity contribution in [3.63, 3.8) is 0 Å². The first kappa shape index (κ1) is 13.3. The van der Waals surface area contributed by atoms with Gasteiger partial charge in [-0.3, -0.25) is 4.98 Å². The number of aromatic nitrogens is 1. The van der Waals surface area contributed by atoms with Crippen LogP contribution < -0.4 is 5.32 Å². The molecular formula is C11H12F3N3. The fourth-order valence-electron chi connectivity index (χ4n) is 1.31. The van der Waals surface area contributed by atoms with Crippen LogP contribution in [0, 0.1) is 11.3 Å². The zero-order chi connectivity index (χ0) is 12.7. The predicted octanol–water partition coefficient (Wildman–Crippen LogP) is 3.10. The predicted molar refractivity (Wildman–Crippen MR) is 57.3 cm³/mol. The molecule has 0 aliphatic heterocycles. The molecule has 0 fully saturated rings. The molecule has 17 heavy (non-hydrogen) atoms. The van der Waals surface area contributed by atoms with Crippen LogP contribution in [0.5, 0.6) is 0 Å². The number of hydrogen-bond donors (Lipinski definition) is 1. The highest BCUT2D eigenvalue weighted by atomic mass is 19.4. The number of nitrogens with one attached hydrogen (secondary N) is 1. The summed E-state index contributed by atoms with van der Waals surface area (Å²) in [5.41, 5.74) is 0.998. The lowest BCUT2D eigenvalue weighted by atomic mass is 10.2. The lowest BCUT2D eigenvalue weighted by Crippen LogP contribution is -2.09. The molecule has 0 unspecified atom stereocenters. The summed E-state index contributed by atoms with van der Waals surface area (Å²) in [5, 5.41) is 11.7. The summed E-state index contributed by atoms with van der Waals surface area (Å²) < 4.78 is 35.6. The molecule has 1 aromatic rings. The molecule has 92 valence electrons. The Morgan fingerprint density at radius 2 is 2.12 bits per heavy atom. The summed E-state index contributed by atoms with van der Waals surface area (Å²) in [6.07, 6.45) is -1.40. The molecule has 0 saturated heterocycles. The Morgan fingerprint density at radius 3 is 2.76 bits per heavy atom. The first-order chi connectivity index (χ1) is 8.03. The van der Waals surface area contributed by atoms with Gasteiger partial charge in [-0.05, 0) is 18.9 Å². The number of pyridine rings is 1. The third-order valence-electron chi connectivity index (χ3n) is 2.14. The van der Waals surface area contributed by atoms with E-state index in [9.17, 15) is 13.2 Å². The van der Waals surface area contributed by atoms with E-state index >= 15 is 0 Å². The minimum absolute atomic E-state index is 0.0820. The molecule has 0 aromatic carbocycles. The van der Waals surface area contributed by atoms with Gasteiger partial charge in [-0.1, -0.05) is 0 Å². The van der Waals surface area contributed by atoms with Crippen LogP contribution in [-0.4, -0.2) is 17.7 Å². The maximum Gasteiger partial charge on any atom is 0.389 e. The van der Waals surface area contributed by atoms with Crippen molar-refractivity contribution >= 4 is 5.69 Å². The smallest absolute Gasteiger partial charge is 0.383 e. The number of anilines is 1. The van der Waals surface area contributed by atoms with Crippen LogP contribution in [0.15, 0.2) is 18.5 Å². The Kier molecular flexibility index (Phi) is 4.76. The van der Waals surface area contributed by atoms with Crippen LogP contribution in [0.2, 0.25) is 0 Å². The monoisotopic (exact) mass is 243 g/mol. The number of hydrogen-bond acceptors (Lipinski definition) is 3. The normalized spacial score (nSPS) is 10.9. The highest BCUT2D eigenvalue weighted by Crippen LogP contribution is 2.22. The second-order valence-electron chi connectivity index (χ2n) is 3.53. The maximum absolute atomic E-state index is 11.9. The number of rotatable bonds is 5. The first-order valence-corrected chi connectivity index (χ1v) is 5.17. The van der Waals surface area contributed by atoms with Crippen LogP contribution in [0.25, 0.3) is 0 Å². The van der Waals surface area contributed by atoms with E-state index in [0.29, 0.717) is 24.2 Å². The second kappa shape index (κ2) is 6.09. The standard InChI is InChI=1S/C11H12F3N3/c12-11(13,14)4-1-2-5-17-10-8-16-6-3-9(10)7-15/h3,6,8,17H,1-2,4-5H2. The van der Waals surface area contributed by atoms with E-state index in [1.165, 1.54) is 12.4 Å². The minimum atomic E-state index is -4.09. The fraction of sp³-hybridized carbons (Fsp3) is 0.455. The van der Waals surface area contributed by atoms with Gasteiger partial charge in [0.05, 0.1) is 17.4 Å². The van der Waals surface area contributed by atoms with Crippen molar-refractivity contribution in [1.29, 1.82) is 5.26 Å². The molecule has 0 bridgehead atoms. The van der Waals surface area contributed by atoms with Crippen molar-refractivity contribution in [3.8, 4) is 6.07 Å². The Hall–Kier alpha value is -1.77. The number of alkyl halides is 3. The Labute approximate surface area is 97.3 Å². The van der Waals surface area contributed by atoms with Gasteiger partial charge in [0.1, 0.15) is 6.07 Å². The van der Waals surface area contributed by atoms with E-state index in [0.717, 1.165) is 0 Å². The highest BCUT2D eigenvalue weighted by Gasteiger charge is 2.25. The molecule has 1 N–H and O–H groups in total. The Balaban J connectivity index is 2.30. The molecule has 3 nitrogen and oxygen atoms in total. The van der Waals surface area contributed by atoms with Gasteiger partial charge in [-0.25, -0.2) is 0 Å². The lowest BCUT2D eigenvalue weighted by Gasteiger charge is -2.08. The minimum Gasteiger partial charge on any atom is -0.383 e. The number of unbranched alkanes of at least 4 members (excludes halogenated alkanes) is 1. The number of nitrogens with zero attached hydrogens (tertiary/aromatic N) is 2. The van der Waals surface area contributed by atoms with Gasteiger partial charge in [0.25, 0.3) is 0 Å². The molecule has 6 heteroatoms. The largest absolute Gasteiger partial charge is 0.389 e. The van der Waals surface area contributed by atoms with Crippen molar-refractivity contribution in [2.24, 2.45) is 0 Å². The van der Waals surface area contributed by atoms with Crippen molar-refractivity contribution in [2.45, 2.75) is 25.4 Å². The van der Waals surface area contributed by atoms with Crippen LogP contribution >= 0.6 is 0 Å². The topological polar surface area (TPSA) is 48.7 Å². The first-order valence-electron chi connectivity index (χ1n) is 5.17. The van der Waals surface area contributed by atoms with Crippen LogP contribution in [0.1, 0.15) is 24.8 Å². The van der Waals surface area contributed by atoms with Crippen molar-refractivity contribution in [1.82, 2.24) is 4.98 Å². The summed E-state index contributed by atoms with van der Waals surface area (Å²) in [7, 11) is 0. The summed E-state index contributed by atoms with van der Waals surface area (Å²) in [6.45, 7) is 0.399. The van der Waals surface area contributed by atoms with Gasteiger partial charge in [0, 0.05) is 19.2 Å². The summed E-state index contributed by atoms with van der Waals surface area (Å²) in [5.74, 6) is 0. The molecule has 0 aliphatic carbocycles. The summed E-state index contributed by atoms with van der Waals surface area (Å²) >= 11 is 0. The SMILES string of the molecule is N#Cc1ccncc1NCCCCC(F)(F)F. The summed E-state index contributed by atoms with van der Waals surface area (Å²) in [4.78, 5) is 3.84. The van der Waals surface area contributed by atoms with Crippen molar-refractivity contribution in [3.05, 3.63) is 24.0 Å². The third kappa shape index (κ3) is 5.20. The quantitative estimate of drug-likeness (QED) is 0.808. The lowest BCUT2D eigenvalue weighted by molar-refractivity contribution is -0.135. The molecule has 1 rings (SSSR count). The molecule has 0 radical (unpaired) electrons. The average Bonchev–Trinajstić information content (AvgIpc) is 2.27. The average molecular weight is 243 g/mol. The van der Waals surface area contributed by atoms with Gasteiger partial charge in [0.2, 0.25) is 0 Å². The second-order valence-corrected chi connectivity index (χ2v) is 3.53. The molecule has 0 saturated carbocycles. The van der Waals surface area contributed by atoms with Gasteiger partial charge in [-0.2, -0.15) is 18.4 Å². The van der Waals surface area contributed by atoms with Gasteiger partial charge >= 0.3 is 6.18 Å². The zero-order valence-corrected chi connectivity index (χ0v) is 9.09. The third-order valence-corrected chi connectivity index (χ3v) is 2.14. The van der Waals surface area contributed by atoms with Crippen molar-refractivity contribution in [2.75, 3.05) is 11.9 Å². The van der Waals surface area contributed by atoms with E-state index in [-0.39, 0.29) is 6.42 Å². The van der Waals surface area contributed by atoms with Crippen LogP contribution in [-0.2, 0) is 0 Å². The van der Waals surface area contributed by atoms with Gasteiger partial charge in [0.15, 0.2) is 0 Å². The molecular weight excluding hydrogens is 231 g/mol. The van der Waals surface area contributed by atoms with Gasteiger partial charge < -0.3 is 5.32 Å². The maximum atomic E-state index is 11.9. The summed E-state index contributed by atoms with van der Waals surface area (Å²) in [6, 6.07) is 3.53. The molecule has 0 atom stereocenters. The molecule has 1 aromatic heterocycles. The van der Waals surface area contributed by atoms with E-state index < -0.39 is 12.6 Å². The Morgan fingerprint density at radius 1 is 1.35 bits per heavy atom. The molecule has 0 amide bonds. The zero-order valence-electron chi connectivity index (χ0n) is 9.09. The number of halogens is 3.